The lowest BCUT2D eigenvalue weighted by molar-refractivity contribution is 0.0947. The Bertz CT molecular complexity index is 774. The summed E-state index contributed by atoms with van der Waals surface area (Å²) >= 11 is 6.09. The molecule has 1 aromatic heterocycles. The molecule has 1 N–H and O–H groups in total. The van der Waals surface area contributed by atoms with Crippen LogP contribution in [0.25, 0.3) is 0 Å². The number of piperazine rings is 1. The minimum Gasteiger partial charge on any atom is -0.368 e. The van der Waals surface area contributed by atoms with E-state index in [0.29, 0.717) is 24.1 Å². The topological polar surface area (TPSA) is 61.4 Å². The number of carbonyl (C=O) groups is 1. The maximum absolute atomic E-state index is 12.3. The predicted molar refractivity (Wildman–Crippen MR) is 110 cm³/mol. The molecule has 7 heteroatoms. The van der Waals surface area contributed by atoms with Gasteiger partial charge in [0.1, 0.15) is 5.69 Å². The number of hydrogen-bond acceptors (Lipinski definition) is 5. The van der Waals surface area contributed by atoms with Gasteiger partial charge in [-0.1, -0.05) is 31.5 Å². The number of anilines is 2. The van der Waals surface area contributed by atoms with Gasteiger partial charge in [-0.2, -0.15) is 0 Å². The van der Waals surface area contributed by atoms with Crippen LogP contribution in [0.2, 0.25) is 5.02 Å². The van der Waals surface area contributed by atoms with Crippen molar-refractivity contribution in [2.24, 2.45) is 5.92 Å². The predicted octanol–water partition coefficient (Wildman–Crippen LogP) is 3.23. The number of carbonyl (C=O) groups excluding carboxylic acids is 1. The first kappa shape index (κ1) is 19.4. The molecule has 1 amide bonds. The number of aromatic nitrogens is 2. The smallest absolute Gasteiger partial charge is 0.270 e. The molecule has 3 rings (SSSR count). The largest absolute Gasteiger partial charge is 0.368 e. The lowest BCUT2D eigenvalue weighted by Gasteiger charge is -2.36. The van der Waals surface area contributed by atoms with Crippen LogP contribution in [0.5, 0.6) is 0 Å². The molecule has 1 aliphatic rings. The summed E-state index contributed by atoms with van der Waals surface area (Å²) in [6.07, 6.45) is 2.61. The molecule has 27 heavy (non-hydrogen) atoms. The van der Waals surface area contributed by atoms with E-state index < -0.39 is 0 Å². The minimum absolute atomic E-state index is 0.142. The Balaban J connectivity index is 1.59. The van der Waals surface area contributed by atoms with Crippen molar-refractivity contribution in [1.29, 1.82) is 0 Å². The van der Waals surface area contributed by atoms with Crippen LogP contribution in [0.4, 0.5) is 11.6 Å². The fourth-order valence-corrected chi connectivity index (χ4v) is 3.21. The van der Waals surface area contributed by atoms with E-state index in [0.717, 1.165) is 43.3 Å². The van der Waals surface area contributed by atoms with Gasteiger partial charge in [0.15, 0.2) is 0 Å². The Hall–Kier alpha value is -2.34. The molecule has 1 aromatic carbocycles. The molecule has 0 atom stereocenters. The third kappa shape index (κ3) is 5.32. The Morgan fingerprint density at radius 1 is 1.19 bits per heavy atom. The molecule has 0 radical (unpaired) electrons. The van der Waals surface area contributed by atoms with Crippen molar-refractivity contribution in [2.45, 2.75) is 20.3 Å². The van der Waals surface area contributed by atoms with Gasteiger partial charge in [-0.3, -0.25) is 4.79 Å². The van der Waals surface area contributed by atoms with E-state index in [1.54, 1.807) is 12.3 Å². The van der Waals surface area contributed by atoms with Crippen LogP contribution in [0.1, 0.15) is 30.8 Å². The maximum atomic E-state index is 12.3. The highest BCUT2D eigenvalue weighted by atomic mass is 35.5. The molecule has 0 unspecified atom stereocenters. The van der Waals surface area contributed by atoms with E-state index in [1.165, 1.54) is 0 Å². The number of nitrogens with zero attached hydrogens (tertiary/aromatic N) is 4. The third-order valence-corrected chi connectivity index (χ3v) is 4.85. The second-order valence-electron chi connectivity index (χ2n) is 7.13. The molecular weight excluding hydrogens is 362 g/mol. The van der Waals surface area contributed by atoms with E-state index in [2.05, 4.69) is 45.0 Å². The molecule has 0 saturated carbocycles. The summed E-state index contributed by atoms with van der Waals surface area (Å²) in [5.74, 6) is 1.02. The van der Waals surface area contributed by atoms with Gasteiger partial charge in [0.05, 0.1) is 0 Å². The number of halogens is 1. The highest BCUT2D eigenvalue weighted by Gasteiger charge is 2.20. The van der Waals surface area contributed by atoms with Gasteiger partial charge in [0.2, 0.25) is 5.95 Å². The Labute approximate surface area is 165 Å². The Morgan fingerprint density at radius 3 is 2.63 bits per heavy atom. The number of benzene rings is 1. The van der Waals surface area contributed by atoms with Crippen molar-refractivity contribution in [3.05, 3.63) is 47.2 Å². The highest BCUT2D eigenvalue weighted by Crippen LogP contribution is 2.21. The highest BCUT2D eigenvalue weighted by molar-refractivity contribution is 6.30. The van der Waals surface area contributed by atoms with Crippen molar-refractivity contribution in [3.63, 3.8) is 0 Å². The first-order valence-electron chi connectivity index (χ1n) is 9.39. The van der Waals surface area contributed by atoms with Crippen molar-refractivity contribution in [2.75, 3.05) is 42.5 Å². The summed E-state index contributed by atoms with van der Waals surface area (Å²) in [7, 11) is 0. The van der Waals surface area contributed by atoms with Gasteiger partial charge < -0.3 is 15.1 Å². The second kappa shape index (κ2) is 9.04. The normalized spacial score (nSPS) is 14.5. The summed E-state index contributed by atoms with van der Waals surface area (Å²) in [5, 5.41) is 3.67. The van der Waals surface area contributed by atoms with Gasteiger partial charge >= 0.3 is 0 Å². The minimum atomic E-state index is -0.142. The van der Waals surface area contributed by atoms with E-state index in [-0.39, 0.29) is 5.91 Å². The molecule has 0 spiro atoms. The van der Waals surface area contributed by atoms with Crippen LogP contribution < -0.4 is 15.1 Å². The van der Waals surface area contributed by atoms with Gasteiger partial charge in [-0.05, 0) is 36.6 Å². The molecule has 1 saturated heterocycles. The number of hydrogen-bond donors (Lipinski definition) is 1. The zero-order valence-electron chi connectivity index (χ0n) is 15.9. The molecule has 2 heterocycles. The van der Waals surface area contributed by atoms with Gasteiger partial charge in [0.25, 0.3) is 5.91 Å². The average Bonchev–Trinajstić information content (AvgIpc) is 2.68. The summed E-state index contributed by atoms with van der Waals surface area (Å²) in [4.78, 5) is 25.5. The van der Waals surface area contributed by atoms with Crippen molar-refractivity contribution < 1.29 is 4.79 Å². The van der Waals surface area contributed by atoms with E-state index in [9.17, 15) is 4.79 Å². The summed E-state index contributed by atoms with van der Waals surface area (Å²) in [6, 6.07) is 9.56. The molecule has 6 nitrogen and oxygen atoms in total. The fourth-order valence-electron chi connectivity index (χ4n) is 3.03. The second-order valence-corrected chi connectivity index (χ2v) is 7.57. The number of amides is 1. The van der Waals surface area contributed by atoms with E-state index >= 15 is 0 Å². The zero-order valence-corrected chi connectivity index (χ0v) is 16.6. The van der Waals surface area contributed by atoms with E-state index in [1.807, 2.05) is 18.2 Å². The average molecular weight is 388 g/mol. The van der Waals surface area contributed by atoms with Crippen LogP contribution in [-0.4, -0.2) is 48.6 Å². The fraction of sp³-hybridized carbons (Fsp3) is 0.450. The molecule has 2 aromatic rings. The molecule has 0 bridgehead atoms. The van der Waals surface area contributed by atoms with Crippen LogP contribution in [-0.2, 0) is 0 Å². The van der Waals surface area contributed by atoms with Crippen LogP contribution in [0, 0.1) is 5.92 Å². The molecule has 1 fully saturated rings. The van der Waals surface area contributed by atoms with Crippen LogP contribution >= 0.6 is 11.6 Å². The summed E-state index contributed by atoms with van der Waals surface area (Å²) in [5.41, 5.74) is 1.54. The van der Waals surface area contributed by atoms with Crippen molar-refractivity contribution in [1.82, 2.24) is 15.3 Å². The van der Waals surface area contributed by atoms with E-state index in [4.69, 9.17) is 11.6 Å². The van der Waals surface area contributed by atoms with Crippen LogP contribution in [0.15, 0.2) is 36.5 Å². The lowest BCUT2D eigenvalue weighted by Crippen LogP contribution is -2.47. The monoisotopic (exact) mass is 387 g/mol. The standard InChI is InChI=1S/C20H26ClN5O/c1-15(2)6-8-22-19(27)18-7-9-23-20(24-18)26-12-10-25(11-13-26)17-5-3-4-16(21)14-17/h3-5,7,9,14-15H,6,8,10-13H2,1-2H3,(H,22,27). The summed E-state index contributed by atoms with van der Waals surface area (Å²) < 4.78 is 0. The lowest BCUT2D eigenvalue weighted by atomic mass is 10.1. The quantitative estimate of drug-likeness (QED) is 0.824. The van der Waals surface area contributed by atoms with Gasteiger partial charge in [0, 0.05) is 49.6 Å². The van der Waals surface area contributed by atoms with Crippen molar-refractivity contribution in [3.8, 4) is 0 Å². The molecular formula is C20H26ClN5O. The first-order valence-corrected chi connectivity index (χ1v) is 9.77. The maximum Gasteiger partial charge on any atom is 0.270 e. The third-order valence-electron chi connectivity index (χ3n) is 4.62. The van der Waals surface area contributed by atoms with Gasteiger partial charge in [-0.15, -0.1) is 0 Å². The van der Waals surface area contributed by atoms with Crippen molar-refractivity contribution >= 4 is 29.1 Å². The summed E-state index contributed by atoms with van der Waals surface area (Å²) in [6.45, 7) is 8.24. The van der Waals surface area contributed by atoms with Crippen LogP contribution in [0.3, 0.4) is 0 Å². The number of rotatable bonds is 6. The molecule has 0 aliphatic carbocycles. The molecule has 1 aliphatic heterocycles. The SMILES string of the molecule is CC(C)CCNC(=O)c1ccnc(N2CCN(c3cccc(Cl)c3)CC2)n1. The molecule has 144 valence electrons. The zero-order chi connectivity index (χ0) is 19.2. The number of nitrogens with one attached hydrogen (secondary N) is 1. The Morgan fingerprint density at radius 2 is 1.93 bits per heavy atom. The van der Waals surface area contributed by atoms with Gasteiger partial charge in [-0.25, -0.2) is 9.97 Å². The first-order chi connectivity index (χ1) is 13.0. The Kier molecular flexibility index (Phi) is 6.50.